The predicted octanol–water partition coefficient (Wildman–Crippen LogP) is 5.39. The zero-order chi connectivity index (χ0) is 37.5. The number of aliphatic hydroxyl groups is 2. The van der Waals surface area contributed by atoms with Crippen molar-refractivity contribution in [3.8, 4) is 11.5 Å². The predicted molar refractivity (Wildman–Crippen MR) is 208 cm³/mol. The van der Waals surface area contributed by atoms with Crippen molar-refractivity contribution in [2.75, 3.05) is 32.6 Å². The molecule has 1 atom stereocenters. The van der Waals surface area contributed by atoms with Crippen LogP contribution in [-0.4, -0.2) is 76.5 Å². The third-order valence-electron chi connectivity index (χ3n) is 9.77. The van der Waals surface area contributed by atoms with Crippen LogP contribution in [-0.2, 0) is 26.5 Å². The maximum atomic E-state index is 13.4. The second-order valence-electron chi connectivity index (χ2n) is 13.2. The lowest BCUT2D eigenvalue weighted by atomic mass is 9.91. The summed E-state index contributed by atoms with van der Waals surface area (Å²) in [5, 5.41) is 43.0. The molecular formula is C39H45FN4O8S2. The summed E-state index contributed by atoms with van der Waals surface area (Å²) in [5.41, 5.74) is 0.128. The first-order chi connectivity index (χ1) is 25.6. The number of aromatic hydroxyl groups is 1. The number of carbonyl (C=O) groups is 2. The van der Waals surface area contributed by atoms with Gasteiger partial charge < -0.3 is 45.3 Å². The van der Waals surface area contributed by atoms with Gasteiger partial charge in [0.25, 0.3) is 0 Å². The molecule has 2 aromatic carbocycles. The molecule has 1 saturated carbocycles. The van der Waals surface area contributed by atoms with Gasteiger partial charge in [0.05, 0.1) is 28.5 Å². The van der Waals surface area contributed by atoms with Crippen LogP contribution in [0.1, 0.15) is 59.1 Å². The highest BCUT2D eigenvalue weighted by Crippen LogP contribution is 2.38. The van der Waals surface area contributed by atoms with Crippen molar-refractivity contribution in [3.63, 3.8) is 0 Å². The Hall–Kier alpha value is -4.64. The first-order valence-corrected chi connectivity index (χ1v) is 19.2. The maximum absolute atomic E-state index is 13.4. The number of amides is 1. The SMILES string of the molecule is COc1cc(NC(=O)CCN(C)C2CCC(OC(=O)C(O)(c3cccs3)c3cccs3)CC2)ccc1CNC[C@H](O)c1ccc(O)c2[nH]c(=O)ccc12.F. The average molecular weight is 781 g/mol. The number of hydrogen-bond donors (Lipinski definition) is 6. The van der Waals surface area contributed by atoms with Crippen LogP contribution in [0.25, 0.3) is 10.9 Å². The molecule has 6 N–H and O–H groups in total. The van der Waals surface area contributed by atoms with Crippen LogP contribution >= 0.6 is 22.7 Å². The van der Waals surface area contributed by atoms with Gasteiger partial charge in [0.15, 0.2) is 0 Å². The van der Waals surface area contributed by atoms with Gasteiger partial charge in [0.2, 0.25) is 17.1 Å². The number of aromatic nitrogens is 1. The number of phenols is 1. The summed E-state index contributed by atoms with van der Waals surface area (Å²) in [6.07, 6.45) is 2.07. The number of hydrogen-bond acceptors (Lipinski definition) is 12. The number of rotatable bonds is 15. The van der Waals surface area contributed by atoms with Crippen molar-refractivity contribution in [1.82, 2.24) is 15.2 Å². The van der Waals surface area contributed by atoms with E-state index in [4.69, 9.17) is 9.47 Å². The van der Waals surface area contributed by atoms with E-state index in [0.29, 0.717) is 64.5 Å². The molecular weight excluding hydrogens is 736 g/mol. The molecule has 1 aliphatic rings. The lowest BCUT2D eigenvalue weighted by Gasteiger charge is -2.35. The molecule has 3 heterocycles. The summed E-state index contributed by atoms with van der Waals surface area (Å²) in [6.45, 7) is 1.15. The van der Waals surface area contributed by atoms with Gasteiger partial charge in [-0.25, -0.2) is 4.79 Å². The second kappa shape index (κ2) is 18.1. The molecule has 5 aromatic rings. The normalized spacial score (nSPS) is 16.5. The number of pyridine rings is 1. The highest BCUT2D eigenvalue weighted by molar-refractivity contribution is 7.12. The minimum atomic E-state index is -1.81. The summed E-state index contributed by atoms with van der Waals surface area (Å²) >= 11 is 2.65. The number of nitrogens with one attached hydrogen (secondary N) is 3. The Labute approximate surface area is 319 Å². The molecule has 15 heteroatoms. The smallest absolute Gasteiger partial charge is 0.349 e. The van der Waals surface area contributed by atoms with Gasteiger partial charge in [-0.1, -0.05) is 24.3 Å². The van der Waals surface area contributed by atoms with E-state index in [1.54, 1.807) is 37.4 Å². The van der Waals surface area contributed by atoms with Crippen LogP contribution in [0.5, 0.6) is 11.5 Å². The van der Waals surface area contributed by atoms with Crippen LogP contribution < -0.4 is 20.9 Å². The molecule has 0 aliphatic heterocycles. The molecule has 0 saturated heterocycles. The van der Waals surface area contributed by atoms with E-state index < -0.39 is 17.7 Å². The fourth-order valence-corrected chi connectivity index (χ4v) is 8.50. The lowest BCUT2D eigenvalue weighted by molar-refractivity contribution is -0.169. The monoisotopic (exact) mass is 780 g/mol. The van der Waals surface area contributed by atoms with Crippen LogP contribution in [0.3, 0.4) is 0 Å². The quantitative estimate of drug-likeness (QED) is 0.0757. The first kappa shape index (κ1) is 40.5. The third-order valence-corrected chi connectivity index (χ3v) is 11.7. The van der Waals surface area contributed by atoms with Crippen molar-refractivity contribution in [2.45, 2.75) is 62.5 Å². The van der Waals surface area contributed by atoms with Gasteiger partial charge in [-0.2, -0.15) is 0 Å². The van der Waals surface area contributed by atoms with Crippen molar-refractivity contribution < 1.29 is 39.1 Å². The molecule has 288 valence electrons. The average Bonchev–Trinajstić information content (AvgIpc) is 3.91. The molecule has 1 amide bonds. The lowest BCUT2D eigenvalue weighted by Crippen LogP contribution is -2.42. The van der Waals surface area contributed by atoms with Crippen LogP contribution in [0, 0.1) is 0 Å². The van der Waals surface area contributed by atoms with E-state index in [1.165, 1.54) is 34.8 Å². The summed E-state index contributed by atoms with van der Waals surface area (Å²) in [4.78, 5) is 43.9. The molecule has 0 spiro atoms. The summed E-state index contributed by atoms with van der Waals surface area (Å²) < 4.78 is 11.5. The van der Waals surface area contributed by atoms with Crippen molar-refractivity contribution >= 4 is 51.1 Å². The largest absolute Gasteiger partial charge is 0.506 e. The minimum absolute atomic E-state index is 0. The number of carbonyl (C=O) groups excluding carboxylic acids is 2. The number of aliphatic hydroxyl groups excluding tert-OH is 1. The number of H-pyrrole nitrogens is 1. The molecule has 3 aromatic heterocycles. The highest BCUT2D eigenvalue weighted by atomic mass is 32.1. The van der Waals surface area contributed by atoms with Crippen molar-refractivity contribution in [1.29, 1.82) is 0 Å². The van der Waals surface area contributed by atoms with Gasteiger partial charge in [-0.05, 0) is 79.4 Å². The van der Waals surface area contributed by atoms with Gasteiger partial charge >= 0.3 is 5.97 Å². The zero-order valence-electron chi connectivity index (χ0n) is 29.9. The Morgan fingerprint density at radius 3 is 2.37 bits per heavy atom. The summed E-state index contributed by atoms with van der Waals surface area (Å²) in [6, 6.07) is 18.8. The molecule has 6 rings (SSSR count). The summed E-state index contributed by atoms with van der Waals surface area (Å²) in [7, 11) is 3.56. The number of methoxy groups -OCH3 is 1. The highest BCUT2D eigenvalue weighted by Gasteiger charge is 2.45. The third kappa shape index (κ3) is 9.17. The van der Waals surface area contributed by atoms with Gasteiger partial charge in [0, 0.05) is 60.9 Å². The number of esters is 1. The van der Waals surface area contributed by atoms with E-state index in [-0.39, 0.29) is 46.1 Å². The molecule has 54 heavy (non-hydrogen) atoms. The molecule has 1 fully saturated rings. The number of anilines is 1. The Morgan fingerprint density at radius 1 is 1.02 bits per heavy atom. The van der Waals surface area contributed by atoms with E-state index >= 15 is 0 Å². The van der Waals surface area contributed by atoms with Crippen LogP contribution in [0.4, 0.5) is 10.4 Å². The van der Waals surface area contributed by atoms with Gasteiger partial charge in [-0.3, -0.25) is 14.3 Å². The van der Waals surface area contributed by atoms with Crippen LogP contribution in [0.15, 0.2) is 82.3 Å². The van der Waals surface area contributed by atoms with E-state index in [1.807, 2.05) is 42.1 Å². The number of fused-ring (bicyclic) bond motifs is 1. The molecule has 0 radical (unpaired) electrons. The number of ether oxygens (including phenoxy) is 2. The van der Waals surface area contributed by atoms with Crippen molar-refractivity contribution in [3.05, 3.63) is 109 Å². The molecule has 12 nitrogen and oxygen atoms in total. The fraction of sp³-hybridized carbons (Fsp3) is 0.359. The van der Waals surface area contributed by atoms with Crippen molar-refractivity contribution in [2.24, 2.45) is 0 Å². The van der Waals surface area contributed by atoms with Gasteiger partial charge in [0.1, 0.15) is 17.6 Å². The maximum Gasteiger partial charge on any atom is 0.349 e. The summed E-state index contributed by atoms with van der Waals surface area (Å²) in [5.74, 6) is -0.257. The topological polar surface area (TPSA) is 173 Å². The number of phenolic OH excluding ortho intramolecular Hbond substituents is 1. The van der Waals surface area contributed by atoms with Gasteiger partial charge in [-0.15, -0.1) is 22.7 Å². The number of nitrogens with zero attached hydrogens (tertiary/aromatic N) is 1. The Kier molecular flexibility index (Phi) is 13.6. The molecule has 1 aliphatic carbocycles. The molecule has 0 bridgehead atoms. The Bertz CT molecular complexity index is 2030. The Balaban J connectivity index is 0.00000561. The number of thiophene rings is 2. The van der Waals surface area contributed by atoms with E-state index in [0.717, 1.165) is 18.4 Å². The molecule has 0 unspecified atom stereocenters. The van der Waals surface area contributed by atoms with Crippen LogP contribution in [0.2, 0.25) is 0 Å². The second-order valence-corrected chi connectivity index (χ2v) is 15.1. The Morgan fingerprint density at radius 2 is 1.72 bits per heavy atom. The van der Waals surface area contributed by atoms with E-state index in [9.17, 15) is 29.7 Å². The fourth-order valence-electron chi connectivity index (χ4n) is 6.79. The number of benzene rings is 2. The first-order valence-electron chi connectivity index (χ1n) is 17.5. The zero-order valence-corrected chi connectivity index (χ0v) is 31.6. The standard InChI is InChI=1S/C39H44N4O8S2.FH/c1-43(26-9-11-27(12-10-26)51-38(48)39(49,33-5-3-19-52-33)34-6-4-20-53-34)18-17-36(47)41-25-8-7-24(32(21-25)50-2)22-40-23-31(45)28-13-15-30(44)37-29(28)14-16-35(46)42-37;/h3-8,13-16,19-21,26-27,31,40,44-45,49H,9-12,17-18,22-23H2,1-2H3,(H,41,47)(H,42,46);1H/t26?,27?,31-;/m0./s1. The van der Waals surface area contributed by atoms with E-state index in [2.05, 4.69) is 20.5 Å². The number of aromatic amines is 1. The minimum Gasteiger partial charge on any atom is -0.506 e. The number of halogens is 1.